The summed E-state index contributed by atoms with van der Waals surface area (Å²) in [5.41, 5.74) is 1.29. The smallest absolute Gasteiger partial charge is 0.236 e. The second-order valence-corrected chi connectivity index (χ2v) is 7.50. The summed E-state index contributed by atoms with van der Waals surface area (Å²) in [7, 11) is 1.99. The van der Waals surface area contributed by atoms with Crippen molar-refractivity contribution in [2.45, 2.75) is 43.7 Å². The Balaban J connectivity index is 0.00000264. The normalized spacial score (nSPS) is 19.3. The zero-order chi connectivity index (χ0) is 15.9. The van der Waals surface area contributed by atoms with Crippen LogP contribution in [0.5, 0.6) is 0 Å². The van der Waals surface area contributed by atoms with E-state index < -0.39 is 0 Å². The fraction of sp³-hybridized carbons (Fsp3) is 0.611. The van der Waals surface area contributed by atoms with Crippen LogP contribution in [0.3, 0.4) is 0 Å². The summed E-state index contributed by atoms with van der Waals surface area (Å²) in [4.78, 5) is 15.0. The first-order valence-corrected chi connectivity index (χ1v) is 9.28. The maximum atomic E-state index is 12.9. The second kappa shape index (κ2) is 10.2. The minimum absolute atomic E-state index is 0. The van der Waals surface area contributed by atoms with Gasteiger partial charge in [0, 0.05) is 24.9 Å². The van der Waals surface area contributed by atoms with Gasteiger partial charge in [-0.1, -0.05) is 44.2 Å². The number of hydrogen-bond donors (Lipinski definition) is 1. The van der Waals surface area contributed by atoms with Crippen molar-refractivity contribution < 1.29 is 4.79 Å². The van der Waals surface area contributed by atoms with E-state index in [-0.39, 0.29) is 17.7 Å². The topological polar surface area (TPSA) is 32.3 Å². The Kier molecular flexibility index (Phi) is 9.03. The Hall–Kier alpha value is -0.710. The lowest BCUT2D eigenvalue weighted by Crippen LogP contribution is -2.50. The van der Waals surface area contributed by atoms with E-state index in [4.69, 9.17) is 0 Å². The molecule has 2 atom stereocenters. The Morgan fingerprint density at radius 3 is 2.65 bits per heavy atom. The molecule has 1 aliphatic rings. The highest BCUT2D eigenvalue weighted by Gasteiger charge is 2.30. The summed E-state index contributed by atoms with van der Waals surface area (Å²) in [5.74, 6) is 1.57. The Labute approximate surface area is 151 Å². The van der Waals surface area contributed by atoms with E-state index >= 15 is 0 Å². The number of rotatable bonds is 6. The average molecular weight is 357 g/mol. The molecule has 1 heterocycles. The van der Waals surface area contributed by atoms with Gasteiger partial charge in [0.05, 0.1) is 5.25 Å². The fourth-order valence-corrected chi connectivity index (χ4v) is 4.14. The van der Waals surface area contributed by atoms with Crippen molar-refractivity contribution in [3.05, 3.63) is 35.9 Å². The van der Waals surface area contributed by atoms with Crippen LogP contribution in [-0.4, -0.2) is 42.2 Å². The lowest BCUT2D eigenvalue weighted by Gasteiger charge is -2.35. The maximum Gasteiger partial charge on any atom is 0.236 e. The number of amides is 1. The van der Waals surface area contributed by atoms with Gasteiger partial charge < -0.3 is 10.2 Å². The molecule has 1 saturated heterocycles. The highest BCUT2D eigenvalue weighted by molar-refractivity contribution is 7.99. The molecule has 2 unspecified atom stereocenters. The Morgan fingerprint density at radius 1 is 1.35 bits per heavy atom. The highest BCUT2D eigenvalue weighted by Crippen LogP contribution is 2.26. The van der Waals surface area contributed by atoms with E-state index in [0.29, 0.717) is 17.9 Å². The molecule has 1 aliphatic heterocycles. The molecule has 1 aromatic carbocycles. The van der Waals surface area contributed by atoms with Crippen LogP contribution in [0.4, 0.5) is 0 Å². The quantitative estimate of drug-likeness (QED) is 0.845. The predicted octanol–water partition coefficient (Wildman–Crippen LogP) is 3.58. The number of carbonyl (C=O) groups is 1. The number of benzene rings is 1. The summed E-state index contributed by atoms with van der Waals surface area (Å²) in [6, 6.07) is 10.9. The molecule has 2 rings (SSSR count). The third-order valence-electron chi connectivity index (χ3n) is 4.26. The summed E-state index contributed by atoms with van der Waals surface area (Å²) in [5, 5.41) is 3.37. The molecule has 0 bridgehead atoms. The average Bonchev–Trinajstić information content (AvgIpc) is 2.55. The third kappa shape index (κ3) is 6.02. The number of hydrogen-bond acceptors (Lipinski definition) is 3. The number of nitrogens with zero attached hydrogens (tertiary/aromatic N) is 1. The van der Waals surface area contributed by atoms with Crippen molar-refractivity contribution in [3.63, 3.8) is 0 Å². The van der Waals surface area contributed by atoms with Gasteiger partial charge in [0.1, 0.15) is 0 Å². The van der Waals surface area contributed by atoms with E-state index in [1.54, 1.807) is 11.8 Å². The van der Waals surface area contributed by atoms with E-state index in [1.807, 2.05) is 13.1 Å². The van der Waals surface area contributed by atoms with E-state index in [9.17, 15) is 4.79 Å². The maximum absolute atomic E-state index is 12.9. The van der Waals surface area contributed by atoms with Gasteiger partial charge in [-0.15, -0.1) is 24.2 Å². The molecule has 130 valence electrons. The van der Waals surface area contributed by atoms with Gasteiger partial charge in [0.2, 0.25) is 5.91 Å². The fourth-order valence-electron chi connectivity index (χ4n) is 2.90. The van der Waals surface area contributed by atoms with Crippen molar-refractivity contribution in [2.24, 2.45) is 5.92 Å². The highest BCUT2D eigenvalue weighted by atomic mass is 35.5. The standard InChI is InChI=1S/C18H28N2OS.ClH/c1-14(2)17(22-13-15-8-5-4-6-9-15)18(21)20-11-7-10-16(12-20)19-3;/h4-6,8-9,14,16-17,19H,7,10-13H2,1-3H3;1H. The van der Waals surface area contributed by atoms with E-state index in [1.165, 1.54) is 12.0 Å². The third-order valence-corrected chi connectivity index (χ3v) is 5.87. The lowest BCUT2D eigenvalue weighted by atomic mass is 10.0. The van der Waals surface area contributed by atoms with Crippen molar-refractivity contribution >= 4 is 30.1 Å². The van der Waals surface area contributed by atoms with Crippen LogP contribution < -0.4 is 5.32 Å². The van der Waals surface area contributed by atoms with Crippen LogP contribution in [0.15, 0.2) is 30.3 Å². The molecule has 1 fully saturated rings. The number of piperidine rings is 1. The van der Waals surface area contributed by atoms with Crippen LogP contribution in [0, 0.1) is 5.92 Å². The molecule has 1 amide bonds. The van der Waals surface area contributed by atoms with Crippen LogP contribution in [0.2, 0.25) is 0 Å². The van der Waals surface area contributed by atoms with Crippen LogP contribution in [-0.2, 0) is 10.5 Å². The number of nitrogens with one attached hydrogen (secondary N) is 1. The zero-order valence-corrected chi connectivity index (χ0v) is 16.0. The first-order chi connectivity index (χ1) is 10.6. The van der Waals surface area contributed by atoms with Gasteiger partial charge in [-0.2, -0.15) is 0 Å². The zero-order valence-electron chi connectivity index (χ0n) is 14.3. The van der Waals surface area contributed by atoms with Crippen LogP contribution in [0.25, 0.3) is 0 Å². The first-order valence-electron chi connectivity index (χ1n) is 8.23. The molecular weight excluding hydrogens is 328 g/mol. The van der Waals surface area contributed by atoms with Crippen molar-refractivity contribution in [1.29, 1.82) is 0 Å². The van der Waals surface area contributed by atoms with Gasteiger partial charge in [0.15, 0.2) is 0 Å². The number of likely N-dealkylation sites (N-methyl/N-ethyl adjacent to an activating group) is 1. The number of thioether (sulfide) groups is 1. The lowest BCUT2D eigenvalue weighted by molar-refractivity contribution is -0.132. The molecule has 0 aromatic heterocycles. The SMILES string of the molecule is CNC1CCCN(C(=O)C(SCc2ccccc2)C(C)C)C1.Cl. The first kappa shape index (κ1) is 20.3. The molecule has 0 saturated carbocycles. The molecule has 0 spiro atoms. The van der Waals surface area contributed by atoms with E-state index in [2.05, 4.69) is 48.3 Å². The largest absolute Gasteiger partial charge is 0.340 e. The van der Waals surface area contributed by atoms with Gasteiger partial charge >= 0.3 is 0 Å². The molecular formula is C18H29ClN2OS. The van der Waals surface area contributed by atoms with Crippen molar-refractivity contribution in [3.8, 4) is 0 Å². The second-order valence-electron chi connectivity index (χ2n) is 6.37. The molecule has 1 N–H and O–H groups in total. The van der Waals surface area contributed by atoms with Gasteiger partial charge in [-0.05, 0) is 31.4 Å². The molecule has 23 heavy (non-hydrogen) atoms. The number of carbonyl (C=O) groups excluding carboxylic acids is 1. The van der Waals surface area contributed by atoms with Gasteiger partial charge in [-0.25, -0.2) is 0 Å². The monoisotopic (exact) mass is 356 g/mol. The summed E-state index contributed by atoms with van der Waals surface area (Å²) < 4.78 is 0. The van der Waals surface area contributed by atoms with Crippen molar-refractivity contribution in [1.82, 2.24) is 10.2 Å². The minimum atomic E-state index is 0. The Bertz CT molecular complexity index is 469. The van der Waals surface area contributed by atoms with Gasteiger partial charge in [-0.3, -0.25) is 4.79 Å². The molecule has 5 heteroatoms. The van der Waals surface area contributed by atoms with Gasteiger partial charge in [0.25, 0.3) is 0 Å². The summed E-state index contributed by atoms with van der Waals surface area (Å²) in [6.07, 6.45) is 2.27. The molecule has 1 aromatic rings. The van der Waals surface area contributed by atoms with Crippen LogP contribution >= 0.6 is 24.2 Å². The van der Waals surface area contributed by atoms with Crippen LogP contribution in [0.1, 0.15) is 32.3 Å². The number of likely N-dealkylation sites (tertiary alicyclic amines) is 1. The number of halogens is 1. The molecule has 0 radical (unpaired) electrons. The Morgan fingerprint density at radius 2 is 2.04 bits per heavy atom. The molecule has 3 nitrogen and oxygen atoms in total. The molecule has 0 aliphatic carbocycles. The predicted molar refractivity (Wildman–Crippen MR) is 102 cm³/mol. The minimum Gasteiger partial charge on any atom is -0.340 e. The summed E-state index contributed by atoms with van der Waals surface area (Å²) in [6.45, 7) is 6.07. The summed E-state index contributed by atoms with van der Waals surface area (Å²) >= 11 is 1.78. The van der Waals surface area contributed by atoms with E-state index in [0.717, 1.165) is 25.3 Å². The van der Waals surface area contributed by atoms with Crippen molar-refractivity contribution in [2.75, 3.05) is 20.1 Å².